The van der Waals surface area contributed by atoms with Crippen LogP contribution in [0.15, 0.2) is 39.8 Å². The molecule has 0 unspecified atom stereocenters. The first-order chi connectivity index (χ1) is 7.18. The topological polar surface area (TPSA) is 96.8 Å². The minimum absolute atomic E-state index is 0.194. The third kappa shape index (κ3) is 1.64. The molecular weight excluding hydrogens is 198 g/mol. The molecule has 0 bridgehead atoms. The van der Waals surface area contributed by atoms with Crippen LogP contribution in [0.4, 0.5) is 0 Å². The van der Waals surface area contributed by atoms with Gasteiger partial charge in [-0.05, 0) is 21.9 Å². The average Bonchev–Trinajstić information content (AvgIpc) is 2.65. The maximum Gasteiger partial charge on any atom is 0.427 e. The number of para-hydroxylation sites is 1. The van der Waals surface area contributed by atoms with Gasteiger partial charge in [0.05, 0.1) is 5.56 Å². The standard InChI is InChI=1S/C9H7N3O3/c10-9(14)6-3-1-2-4-7(6)12-5-8(13)15-11-12/h1-5H,(H2-,10,11,13,14). The van der Waals surface area contributed by atoms with E-state index in [0.717, 1.165) is 6.20 Å². The fourth-order valence-electron chi connectivity index (χ4n) is 1.25. The van der Waals surface area contributed by atoms with Crippen LogP contribution in [0.2, 0.25) is 0 Å². The number of H-pyrrole nitrogens is 1. The molecule has 6 heteroatoms. The second-order valence-electron chi connectivity index (χ2n) is 2.86. The van der Waals surface area contributed by atoms with Crippen molar-refractivity contribution in [2.75, 3.05) is 0 Å². The molecule has 6 nitrogen and oxygen atoms in total. The molecule has 1 aromatic carbocycles. The Labute approximate surface area is 83.9 Å². The van der Waals surface area contributed by atoms with E-state index >= 15 is 0 Å². The van der Waals surface area contributed by atoms with Gasteiger partial charge in [-0.1, -0.05) is 12.1 Å². The minimum atomic E-state index is -0.819. The highest BCUT2D eigenvalue weighted by Gasteiger charge is 2.14. The van der Waals surface area contributed by atoms with Crippen LogP contribution in [-0.4, -0.2) is 11.2 Å². The average molecular weight is 205 g/mol. The lowest BCUT2D eigenvalue weighted by Gasteiger charge is -2.06. The van der Waals surface area contributed by atoms with Crippen LogP contribution >= 0.6 is 0 Å². The zero-order valence-electron chi connectivity index (χ0n) is 7.56. The first kappa shape index (κ1) is 9.20. The summed E-state index contributed by atoms with van der Waals surface area (Å²) in [6.07, 6.45) is 1.15. The van der Waals surface area contributed by atoms with Gasteiger partial charge in [-0.3, -0.25) is 4.52 Å². The van der Waals surface area contributed by atoms with Gasteiger partial charge in [0.15, 0.2) is 0 Å². The van der Waals surface area contributed by atoms with Crippen molar-refractivity contribution in [3.05, 3.63) is 46.4 Å². The predicted molar refractivity (Wildman–Crippen MR) is 47.7 cm³/mol. The Morgan fingerprint density at radius 2 is 2.20 bits per heavy atom. The number of aromatic amines is 1. The Hall–Kier alpha value is -2.37. The van der Waals surface area contributed by atoms with E-state index in [0.29, 0.717) is 5.69 Å². The predicted octanol–water partition coefficient (Wildman–Crippen LogP) is -1.07. The SMILES string of the molecule is N=C([O-])c1ccccc1-[n+]1cc(=O)o[nH]1. The highest BCUT2D eigenvalue weighted by Crippen LogP contribution is 2.05. The van der Waals surface area contributed by atoms with E-state index in [9.17, 15) is 9.90 Å². The summed E-state index contributed by atoms with van der Waals surface area (Å²) >= 11 is 0. The Balaban J connectivity index is 2.62. The van der Waals surface area contributed by atoms with E-state index in [1.807, 2.05) is 0 Å². The molecule has 76 valence electrons. The van der Waals surface area contributed by atoms with Crippen LogP contribution in [0, 0.1) is 5.41 Å². The Bertz CT molecular complexity index is 555. The summed E-state index contributed by atoms with van der Waals surface area (Å²) in [5.41, 5.74) is 0.0464. The van der Waals surface area contributed by atoms with Gasteiger partial charge in [0.2, 0.25) is 5.69 Å². The lowest BCUT2D eigenvalue weighted by atomic mass is 10.2. The summed E-state index contributed by atoms with van der Waals surface area (Å²) < 4.78 is 5.72. The highest BCUT2D eigenvalue weighted by molar-refractivity contribution is 5.91. The second-order valence-corrected chi connectivity index (χ2v) is 2.86. The zero-order valence-corrected chi connectivity index (χ0v) is 7.56. The summed E-state index contributed by atoms with van der Waals surface area (Å²) in [5.74, 6) is -0.819. The van der Waals surface area contributed by atoms with Gasteiger partial charge < -0.3 is 10.5 Å². The van der Waals surface area contributed by atoms with Crippen LogP contribution < -0.4 is 15.4 Å². The largest absolute Gasteiger partial charge is 0.859 e. The van der Waals surface area contributed by atoms with Crippen molar-refractivity contribution in [2.45, 2.75) is 0 Å². The quantitative estimate of drug-likeness (QED) is 0.371. The summed E-state index contributed by atoms with van der Waals surface area (Å²) in [4.78, 5) is 10.8. The Morgan fingerprint density at radius 1 is 1.47 bits per heavy atom. The smallest absolute Gasteiger partial charge is 0.427 e. The molecule has 0 spiro atoms. The summed E-state index contributed by atoms with van der Waals surface area (Å²) in [6, 6.07) is 6.44. The third-order valence-electron chi connectivity index (χ3n) is 1.89. The van der Waals surface area contributed by atoms with Gasteiger partial charge in [-0.15, -0.1) is 0 Å². The minimum Gasteiger partial charge on any atom is -0.859 e. The first-order valence-corrected chi connectivity index (χ1v) is 4.14. The van der Waals surface area contributed by atoms with Crippen LogP contribution in [0.1, 0.15) is 5.56 Å². The number of nitrogens with one attached hydrogen (secondary N) is 2. The molecule has 2 rings (SSSR count). The van der Waals surface area contributed by atoms with Gasteiger partial charge in [0.1, 0.15) is 0 Å². The van der Waals surface area contributed by atoms with E-state index < -0.39 is 11.5 Å². The van der Waals surface area contributed by atoms with Crippen molar-refractivity contribution in [1.29, 1.82) is 5.41 Å². The van der Waals surface area contributed by atoms with E-state index in [1.165, 1.54) is 10.7 Å². The van der Waals surface area contributed by atoms with Crippen LogP contribution in [-0.2, 0) is 0 Å². The molecular formula is C9H7N3O3. The molecule has 0 radical (unpaired) electrons. The lowest BCUT2D eigenvalue weighted by Crippen LogP contribution is -2.36. The Morgan fingerprint density at radius 3 is 2.80 bits per heavy atom. The molecule has 0 amide bonds. The van der Waals surface area contributed by atoms with Crippen molar-refractivity contribution in [3.63, 3.8) is 0 Å². The number of hydrogen-bond acceptors (Lipinski definition) is 4. The van der Waals surface area contributed by atoms with Crippen LogP contribution in [0.3, 0.4) is 0 Å². The monoisotopic (exact) mass is 205 g/mol. The fraction of sp³-hybridized carbons (Fsp3) is 0. The number of aromatic nitrogens is 2. The number of rotatable bonds is 2. The Kier molecular flexibility index (Phi) is 2.09. The second kappa shape index (κ2) is 3.41. The van der Waals surface area contributed by atoms with Gasteiger partial charge in [-0.25, -0.2) is 4.79 Å². The van der Waals surface area contributed by atoms with Crippen LogP contribution in [0.5, 0.6) is 0 Å². The molecule has 0 saturated heterocycles. The molecule has 2 N–H and O–H groups in total. The van der Waals surface area contributed by atoms with Crippen molar-refractivity contribution in [3.8, 4) is 5.69 Å². The molecule has 2 aromatic rings. The molecule has 1 aromatic heterocycles. The van der Waals surface area contributed by atoms with Crippen molar-refractivity contribution in [1.82, 2.24) is 5.27 Å². The molecule has 1 heterocycles. The fourth-order valence-corrected chi connectivity index (χ4v) is 1.25. The summed E-state index contributed by atoms with van der Waals surface area (Å²) in [6.45, 7) is 0. The van der Waals surface area contributed by atoms with Gasteiger partial charge in [-0.2, -0.15) is 0 Å². The van der Waals surface area contributed by atoms with Gasteiger partial charge in [0.25, 0.3) is 6.20 Å². The van der Waals surface area contributed by atoms with Crippen LogP contribution in [0.25, 0.3) is 5.69 Å². The molecule has 0 aliphatic rings. The molecule has 0 fully saturated rings. The maximum atomic E-state index is 11.0. The zero-order chi connectivity index (χ0) is 10.8. The third-order valence-corrected chi connectivity index (χ3v) is 1.89. The molecule has 0 atom stereocenters. The number of hydrogen-bond donors (Lipinski definition) is 2. The van der Waals surface area contributed by atoms with E-state index in [4.69, 9.17) is 5.41 Å². The number of benzene rings is 1. The van der Waals surface area contributed by atoms with Crippen molar-refractivity contribution < 1.29 is 14.3 Å². The van der Waals surface area contributed by atoms with E-state index in [-0.39, 0.29) is 5.56 Å². The normalized spacial score (nSPS) is 10.1. The van der Waals surface area contributed by atoms with Gasteiger partial charge >= 0.3 is 5.63 Å². The van der Waals surface area contributed by atoms with Crippen molar-refractivity contribution in [2.24, 2.45) is 0 Å². The maximum absolute atomic E-state index is 11.0. The highest BCUT2D eigenvalue weighted by atomic mass is 16.5. The van der Waals surface area contributed by atoms with Gasteiger partial charge in [0, 0.05) is 6.07 Å². The lowest BCUT2D eigenvalue weighted by molar-refractivity contribution is -0.670. The molecule has 15 heavy (non-hydrogen) atoms. The molecule has 0 aliphatic heterocycles. The summed E-state index contributed by atoms with van der Waals surface area (Å²) in [5, 5.41) is 20.3. The number of nitrogens with zero attached hydrogens (tertiary/aromatic N) is 1. The summed E-state index contributed by atoms with van der Waals surface area (Å²) in [7, 11) is 0. The van der Waals surface area contributed by atoms with Crippen molar-refractivity contribution >= 4 is 5.90 Å². The van der Waals surface area contributed by atoms with E-state index in [1.54, 1.807) is 18.2 Å². The molecule has 0 saturated carbocycles. The first-order valence-electron chi connectivity index (χ1n) is 4.14. The van der Waals surface area contributed by atoms with E-state index in [2.05, 4.69) is 9.79 Å². The molecule has 0 aliphatic carbocycles.